The molecule has 6 nitrogen and oxygen atoms in total. The maximum Gasteiger partial charge on any atom is 0.261 e. The Morgan fingerprint density at radius 2 is 2.12 bits per heavy atom. The van der Waals surface area contributed by atoms with Crippen LogP contribution < -0.4 is 10.9 Å². The Bertz CT molecular complexity index is 952. The number of furan rings is 2. The van der Waals surface area contributed by atoms with E-state index in [1.807, 2.05) is 12.1 Å². The van der Waals surface area contributed by atoms with Crippen LogP contribution >= 0.6 is 0 Å². The van der Waals surface area contributed by atoms with Crippen LogP contribution in [0.1, 0.15) is 41.1 Å². The van der Waals surface area contributed by atoms with E-state index in [4.69, 9.17) is 8.83 Å². The van der Waals surface area contributed by atoms with Crippen LogP contribution in [0.2, 0.25) is 0 Å². The van der Waals surface area contributed by atoms with Gasteiger partial charge in [0, 0.05) is 5.92 Å². The molecule has 2 unspecified atom stereocenters. The van der Waals surface area contributed by atoms with Crippen LogP contribution in [0.5, 0.6) is 0 Å². The smallest absolute Gasteiger partial charge is 0.261 e. The van der Waals surface area contributed by atoms with Crippen LogP contribution in [-0.2, 0) is 6.54 Å². The lowest BCUT2D eigenvalue weighted by atomic mass is 10.2. The lowest BCUT2D eigenvalue weighted by Gasteiger charge is -2.04. The third kappa shape index (κ3) is 3.15. The number of aromatic amines is 1. The molecule has 1 aliphatic rings. The van der Waals surface area contributed by atoms with Gasteiger partial charge in [-0.1, -0.05) is 6.92 Å². The molecule has 3 aromatic heterocycles. The van der Waals surface area contributed by atoms with Crippen LogP contribution in [-0.4, -0.2) is 10.9 Å². The summed E-state index contributed by atoms with van der Waals surface area (Å²) in [5.74, 6) is 2.93. The van der Waals surface area contributed by atoms with Gasteiger partial charge in [0.2, 0.25) is 0 Å². The molecular weight excluding hydrogens is 320 g/mol. The lowest BCUT2D eigenvalue weighted by Crippen LogP contribution is -2.29. The number of aromatic nitrogens is 1. The molecule has 3 aromatic rings. The summed E-state index contributed by atoms with van der Waals surface area (Å²) >= 11 is 0. The number of rotatable bonds is 5. The number of nitrogens with one attached hydrogen (secondary N) is 2. The average Bonchev–Trinajstić information content (AvgIpc) is 3.04. The predicted octanol–water partition coefficient (Wildman–Crippen LogP) is 3.28. The normalized spacial score (nSPS) is 18.9. The fourth-order valence-corrected chi connectivity index (χ4v) is 2.90. The van der Waals surface area contributed by atoms with E-state index in [0.717, 1.165) is 12.2 Å². The number of pyridine rings is 1. The topological polar surface area (TPSA) is 88.2 Å². The van der Waals surface area contributed by atoms with Crippen molar-refractivity contribution in [3.05, 3.63) is 70.1 Å². The summed E-state index contributed by atoms with van der Waals surface area (Å²) < 4.78 is 11.0. The minimum absolute atomic E-state index is 0.0536. The first kappa shape index (κ1) is 15.5. The van der Waals surface area contributed by atoms with Crippen molar-refractivity contribution in [1.29, 1.82) is 0 Å². The number of H-pyrrole nitrogens is 1. The molecule has 0 radical (unpaired) electrons. The van der Waals surface area contributed by atoms with Crippen LogP contribution in [0.15, 0.2) is 56.3 Å². The molecule has 1 fully saturated rings. The van der Waals surface area contributed by atoms with Crippen LogP contribution in [0.25, 0.3) is 11.5 Å². The van der Waals surface area contributed by atoms with Crippen molar-refractivity contribution in [3.63, 3.8) is 0 Å². The molecule has 0 bridgehead atoms. The molecule has 4 rings (SSSR count). The summed E-state index contributed by atoms with van der Waals surface area (Å²) in [6.07, 6.45) is 2.67. The molecule has 0 saturated heterocycles. The van der Waals surface area contributed by atoms with Gasteiger partial charge in [0.05, 0.1) is 18.5 Å². The highest BCUT2D eigenvalue weighted by atomic mass is 16.3. The number of hydrogen-bond donors (Lipinski definition) is 2. The third-order valence-corrected chi connectivity index (χ3v) is 4.52. The van der Waals surface area contributed by atoms with E-state index in [1.165, 1.54) is 12.3 Å². The quantitative estimate of drug-likeness (QED) is 0.747. The van der Waals surface area contributed by atoms with Gasteiger partial charge in [-0.15, -0.1) is 0 Å². The summed E-state index contributed by atoms with van der Waals surface area (Å²) in [6.45, 7) is 2.44. The first-order chi connectivity index (χ1) is 12.1. The minimum atomic E-state index is -0.460. The molecular formula is C19H18N2O4. The Morgan fingerprint density at radius 1 is 1.28 bits per heavy atom. The standard InChI is InChI=1S/C19H18N2O4/c1-11-9-14(11)16-7-4-12(25-16)10-20-18(22)13-5-6-15(21-19(13)23)17-3-2-8-24-17/h2-8,11,14H,9-10H2,1H3,(H,20,22)(H,21,23). The van der Waals surface area contributed by atoms with Gasteiger partial charge < -0.3 is 19.1 Å². The molecule has 0 aliphatic heterocycles. The molecule has 6 heteroatoms. The molecule has 0 aromatic carbocycles. The summed E-state index contributed by atoms with van der Waals surface area (Å²) in [6, 6.07) is 10.4. The second-order valence-electron chi connectivity index (χ2n) is 6.40. The van der Waals surface area contributed by atoms with E-state index in [9.17, 15) is 9.59 Å². The van der Waals surface area contributed by atoms with Crippen molar-refractivity contribution in [1.82, 2.24) is 10.3 Å². The highest BCUT2D eigenvalue weighted by Crippen LogP contribution is 2.47. The maximum absolute atomic E-state index is 12.2. The van der Waals surface area contributed by atoms with E-state index in [-0.39, 0.29) is 12.1 Å². The molecule has 2 atom stereocenters. The van der Waals surface area contributed by atoms with E-state index >= 15 is 0 Å². The fraction of sp³-hybridized carbons (Fsp3) is 0.263. The third-order valence-electron chi connectivity index (χ3n) is 4.52. The average molecular weight is 338 g/mol. The van der Waals surface area contributed by atoms with Gasteiger partial charge >= 0.3 is 0 Å². The highest BCUT2D eigenvalue weighted by Gasteiger charge is 2.36. The zero-order chi connectivity index (χ0) is 17.4. The molecule has 1 amide bonds. The monoisotopic (exact) mass is 338 g/mol. The Morgan fingerprint density at radius 3 is 2.80 bits per heavy atom. The molecule has 3 heterocycles. The molecule has 128 valence electrons. The molecule has 25 heavy (non-hydrogen) atoms. The van der Waals surface area contributed by atoms with E-state index < -0.39 is 11.5 Å². The van der Waals surface area contributed by atoms with Crippen molar-refractivity contribution < 1.29 is 13.6 Å². The van der Waals surface area contributed by atoms with Gasteiger partial charge in [0.1, 0.15) is 22.8 Å². The van der Waals surface area contributed by atoms with Gasteiger partial charge in [0.25, 0.3) is 11.5 Å². The Labute approximate surface area is 143 Å². The Balaban J connectivity index is 1.42. The second kappa shape index (κ2) is 6.12. The number of carbonyl (C=O) groups is 1. The summed E-state index contributed by atoms with van der Waals surface area (Å²) in [7, 11) is 0. The molecule has 1 saturated carbocycles. The Kier molecular flexibility index (Phi) is 3.80. The molecule has 0 spiro atoms. The van der Waals surface area contributed by atoms with Crippen molar-refractivity contribution in [2.24, 2.45) is 5.92 Å². The van der Waals surface area contributed by atoms with Gasteiger partial charge in [0.15, 0.2) is 0 Å². The Hall–Kier alpha value is -3.02. The first-order valence-electron chi connectivity index (χ1n) is 8.26. The lowest BCUT2D eigenvalue weighted by molar-refractivity contribution is 0.0946. The number of hydrogen-bond acceptors (Lipinski definition) is 4. The summed E-state index contributed by atoms with van der Waals surface area (Å²) in [5.41, 5.74) is 0.122. The van der Waals surface area contributed by atoms with Gasteiger partial charge in [-0.2, -0.15) is 0 Å². The van der Waals surface area contributed by atoms with Crippen molar-refractivity contribution in [3.8, 4) is 11.5 Å². The van der Waals surface area contributed by atoms with Crippen molar-refractivity contribution in [2.45, 2.75) is 25.8 Å². The maximum atomic E-state index is 12.2. The largest absolute Gasteiger partial charge is 0.464 e. The van der Waals surface area contributed by atoms with Gasteiger partial charge in [-0.25, -0.2) is 0 Å². The SMILES string of the molecule is CC1CC1c1ccc(CNC(=O)c2ccc(-c3ccco3)[nH]c2=O)o1. The minimum Gasteiger partial charge on any atom is -0.464 e. The first-order valence-corrected chi connectivity index (χ1v) is 8.26. The van der Waals surface area contributed by atoms with Crippen molar-refractivity contribution >= 4 is 5.91 Å². The summed E-state index contributed by atoms with van der Waals surface area (Å²) in [4.78, 5) is 27.0. The zero-order valence-corrected chi connectivity index (χ0v) is 13.7. The van der Waals surface area contributed by atoms with Gasteiger partial charge in [-0.05, 0) is 48.7 Å². The van der Waals surface area contributed by atoms with Crippen LogP contribution in [0, 0.1) is 5.92 Å². The summed E-state index contributed by atoms with van der Waals surface area (Å²) in [5, 5.41) is 2.72. The highest BCUT2D eigenvalue weighted by molar-refractivity contribution is 5.93. The second-order valence-corrected chi connectivity index (χ2v) is 6.40. The predicted molar refractivity (Wildman–Crippen MR) is 91.2 cm³/mol. The van der Waals surface area contributed by atoms with Gasteiger partial charge in [-0.3, -0.25) is 9.59 Å². The van der Waals surface area contributed by atoms with E-state index in [1.54, 1.807) is 18.2 Å². The number of carbonyl (C=O) groups excluding carboxylic acids is 1. The molecule has 2 N–H and O–H groups in total. The van der Waals surface area contributed by atoms with Crippen molar-refractivity contribution in [2.75, 3.05) is 0 Å². The number of amides is 1. The van der Waals surface area contributed by atoms with Crippen LogP contribution in [0.4, 0.5) is 0 Å². The molecule has 1 aliphatic carbocycles. The zero-order valence-electron chi connectivity index (χ0n) is 13.7. The van der Waals surface area contributed by atoms with E-state index in [2.05, 4.69) is 17.2 Å². The van der Waals surface area contributed by atoms with E-state index in [0.29, 0.717) is 29.1 Å². The fourth-order valence-electron chi connectivity index (χ4n) is 2.90. The van der Waals surface area contributed by atoms with Crippen LogP contribution in [0.3, 0.4) is 0 Å².